The maximum absolute atomic E-state index is 10.3. The van der Waals surface area contributed by atoms with Crippen molar-refractivity contribution in [1.82, 2.24) is 10.1 Å². The van der Waals surface area contributed by atoms with Crippen LogP contribution in [0.25, 0.3) is 0 Å². The zero-order valence-corrected chi connectivity index (χ0v) is 6.73. The molecule has 0 saturated carbocycles. The zero-order valence-electron chi connectivity index (χ0n) is 6.73. The summed E-state index contributed by atoms with van der Waals surface area (Å²) >= 11 is 0. The first-order valence-corrected chi connectivity index (χ1v) is 3.47. The Hall–Kier alpha value is -1.36. The van der Waals surface area contributed by atoms with E-state index < -0.39 is 5.97 Å². The highest BCUT2D eigenvalue weighted by molar-refractivity contribution is 5.68. The van der Waals surface area contributed by atoms with Crippen molar-refractivity contribution in [2.45, 2.75) is 6.54 Å². The SMILES string of the molecule is CN(CC(=O)O)Cc1cnoc1. The summed E-state index contributed by atoms with van der Waals surface area (Å²) in [5.74, 6) is -0.839. The van der Waals surface area contributed by atoms with Crippen LogP contribution in [0, 0.1) is 0 Å². The summed E-state index contributed by atoms with van der Waals surface area (Å²) in [6.07, 6.45) is 3.07. The van der Waals surface area contributed by atoms with Crippen molar-refractivity contribution in [1.29, 1.82) is 0 Å². The minimum Gasteiger partial charge on any atom is -0.480 e. The van der Waals surface area contributed by atoms with E-state index >= 15 is 0 Å². The third kappa shape index (κ3) is 2.71. The van der Waals surface area contributed by atoms with Crippen LogP contribution in [0.15, 0.2) is 17.0 Å². The third-order valence-electron chi connectivity index (χ3n) is 1.34. The molecule has 0 aliphatic rings. The summed E-state index contributed by atoms with van der Waals surface area (Å²) in [5.41, 5.74) is 0.874. The van der Waals surface area contributed by atoms with E-state index in [1.165, 1.54) is 6.26 Å². The molecular weight excluding hydrogens is 160 g/mol. The van der Waals surface area contributed by atoms with E-state index in [0.717, 1.165) is 5.56 Å². The average molecular weight is 170 g/mol. The molecular formula is C7H10N2O3. The Labute approximate surface area is 69.6 Å². The van der Waals surface area contributed by atoms with Gasteiger partial charge in [-0.2, -0.15) is 0 Å². The van der Waals surface area contributed by atoms with Gasteiger partial charge in [0, 0.05) is 12.1 Å². The monoisotopic (exact) mass is 170 g/mol. The molecule has 0 aromatic carbocycles. The van der Waals surface area contributed by atoms with Crippen LogP contribution >= 0.6 is 0 Å². The second-order valence-corrected chi connectivity index (χ2v) is 2.60. The average Bonchev–Trinajstić information content (AvgIpc) is 2.37. The Kier molecular flexibility index (Phi) is 2.82. The Balaban J connectivity index is 2.36. The molecule has 0 spiro atoms. The number of carboxylic acid groups (broad SMARTS) is 1. The van der Waals surface area contributed by atoms with Gasteiger partial charge in [0.05, 0.1) is 12.7 Å². The number of hydrogen-bond donors (Lipinski definition) is 1. The molecule has 1 aromatic heterocycles. The molecule has 0 aliphatic heterocycles. The second kappa shape index (κ2) is 3.87. The van der Waals surface area contributed by atoms with Crippen LogP contribution in [0.4, 0.5) is 0 Å². The van der Waals surface area contributed by atoms with E-state index in [4.69, 9.17) is 5.11 Å². The van der Waals surface area contributed by atoms with Crippen LogP contribution in [0.5, 0.6) is 0 Å². The molecule has 12 heavy (non-hydrogen) atoms. The Morgan fingerprint density at radius 1 is 1.83 bits per heavy atom. The van der Waals surface area contributed by atoms with Crippen LogP contribution in [0.2, 0.25) is 0 Å². The van der Waals surface area contributed by atoms with E-state index in [-0.39, 0.29) is 6.54 Å². The largest absolute Gasteiger partial charge is 0.480 e. The van der Waals surface area contributed by atoms with Gasteiger partial charge in [-0.1, -0.05) is 5.16 Å². The first kappa shape index (κ1) is 8.73. The lowest BCUT2D eigenvalue weighted by molar-refractivity contribution is -0.138. The Bertz CT molecular complexity index is 245. The Morgan fingerprint density at radius 2 is 2.58 bits per heavy atom. The fourth-order valence-corrected chi connectivity index (χ4v) is 0.903. The summed E-state index contributed by atoms with van der Waals surface area (Å²) in [5, 5.41) is 11.9. The van der Waals surface area contributed by atoms with Crippen molar-refractivity contribution in [3.63, 3.8) is 0 Å². The molecule has 1 rings (SSSR count). The summed E-state index contributed by atoms with van der Waals surface area (Å²) in [6.45, 7) is 0.557. The number of aromatic nitrogens is 1. The van der Waals surface area contributed by atoms with E-state index in [1.54, 1.807) is 18.1 Å². The molecule has 66 valence electrons. The molecule has 0 aliphatic carbocycles. The molecule has 0 unspecified atom stereocenters. The van der Waals surface area contributed by atoms with Gasteiger partial charge in [-0.05, 0) is 7.05 Å². The molecule has 1 N–H and O–H groups in total. The second-order valence-electron chi connectivity index (χ2n) is 2.60. The maximum atomic E-state index is 10.3. The van der Waals surface area contributed by atoms with E-state index in [9.17, 15) is 4.79 Å². The fraction of sp³-hybridized carbons (Fsp3) is 0.429. The van der Waals surface area contributed by atoms with Crippen LogP contribution in [0.3, 0.4) is 0 Å². The van der Waals surface area contributed by atoms with Crippen LogP contribution in [0.1, 0.15) is 5.56 Å². The number of nitrogens with zero attached hydrogens (tertiary/aromatic N) is 2. The van der Waals surface area contributed by atoms with Gasteiger partial charge in [0.2, 0.25) is 0 Å². The van der Waals surface area contributed by atoms with Gasteiger partial charge in [0.15, 0.2) is 0 Å². The van der Waals surface area contributed by atoms with Gasteiger partial charge < -0.3 is 9.63 Å². The smallest absolute Gasteiger partial charge is 0.317 e. The van der Waals surface area contributed by atoms with Crippen LogP contribution in [-0.4, -0.2) is 34.7 Å². The number of likely N-dealkylation sites (N-methyl/N-ethyl adjacent to an activating group) is 1. The molecule has 5 heteroatoms. The highest BCUT2D eigenvalue weighted by Gasteiger charge is 2.05. The summed E-state index contributed by atoms with van der Waals surface area (Å²) in [4.78, 5) is 11.9. The molecule has 0 bridgehead atoms. The molecule has 0 saturated heterocycles. The van der Waals surface area contributed by atoms with Crippen molar-refractivity contribution >= 4 is 5.97 Å². The van der Waals surface area contributed by atoms with Gasteiger partial charge >= 0.3 is 5.97 Å². The minimum atomic E-state index is -0.839. The van der Waals surface area contributed by atoms with Gasteiger partial charge in [-0.3, -0.25) is 9.69 Å². The number of hydrogen-bond acceptors (Lipinski definition) is 4. The molecule has 1 heterocycles. The zero-order chi connectivity index (χ0) is 8.97. The lowest BCUT2D eigenvalue weighted by Gasteiger charge is -2.10. The van der Waals surface area contributed by atoms with Crippen molar-refractivity contribution in [3.8, 4) is 0 Å². The highest BCUT2D eigenvalue weighted by atomic mass is 16.5. The molecule has 0 fully saturated rings. The molecule has 0 radical (unpaired) electrons. The van der Waals surface area contributed by atoms with Crippen molar-refractivity contribution in [3.05, 3.63) is 18.0 Å². The first-order chi connectivity index (χ1) is 5.68. The number of rotatable bonds is 4. The van der Waals surface area contributed by atoms with Crippen molar-refractivity contribution < 1.29 is 14.4 Å². The third-order valence-corrected chi connectivity index (χ3v) is 1.34. The molecule has 0 amide bonds. The molecule has 5 nitrogen and oxygen atoms in total. The van der Waals surface area contributed by atoms with E-state index in [0.29, 0.717) is 6.54 Å². The standard InChI is InChI=1S/C7H10N2O3/c1-9(4-7(10)11)3-6-2-8-12-5-6/h2,5H,3-4H2,1H3,(H,10,11). The molecule has 0 atom stereocenters. The lowest BCUT2D eigenvalue weighted by Crippen LogP contribution is -2.24. The predicted molar refractivity (Wildman–Crippen MR) is 40.5 cm³/mol. The predicted octanol–water partition coefficient (Wildman–Crippen LogP) is 0.191. The lowest BCUT2D eigenvalue weighted by atomic mass is 10.3. The van der Waals surface area contributed by atoms with Gasteiger partial charge in [0.25, 0.3) is 0 Å². The van der Waals surface area contributed by atoms with Gasteiger partial charge in [-0.25, -0.2) is 0 Å². The van der Waals surface area contributed by atoms with E-state index in [1.807, 2.05) is 0 Å². The quantitative estimate of drug-likeness (QED) is 0.698. The minimum absolute atomic E-state index is 0.0190. The van der Waals surface area contributed by atoms with Crippen LogP contribution in [-0.2, 0) is 11.3 Å². The van der Waals surface area contributed by atoms with Gasteiger partial charge in [-0.15, -0.1) is 0 Å². The van der Waals surface area contributed by atoms with Crippen molar-refractivity contribution in [2.75, 3.05) is 13.6 Å². The summed E-state index contributed by atoms with van der Waals surface area (Å²) in [6, 6.07) is 0. The van der Waals surface area contributed by atoms with E-state index in [2.05, 4.69) is 9.68 Å². The maximum Gasteiger partial charge on any atom is 0.317 e. The molecule has 1 aromatic rings. The normalized spacial score (nSPS) is 10.5. The number of carboxylic acids is 1. The number of carbonyl (C=O) groups is 1. The van der Waals surface area contributed by atoms with Gasteiger partial charge in [0.1, 0.15) is 6.26 Å². The topological polar surface area (TPSA) is 66.6 Å². The summed E-state index contributed by atoms with van der Waals surface area (Å²) < 4.78 is 4.60. The van der Waals surface area contributed by atoms with Crippen LogP contribution < -0.4 is 0 Å². The summed E-state index contributed by atoms with van der Waals surface area (Å²) in [7, 11) is 1.72. The van der Waals surface area contributed by atoms with Crippen molar-refractivity contribution in [2.24, 2.45) is 0 Å². The fourth-order valence-electron chi connectivity index (χ4n) is 0.903. The first-order valence-electron chi connectivity index (χ1n) is 3.47. The number of aliphatic carboxylic acids is 1. The highest BCUT2D eigenvalue weighted by Crippen LogP contribution is 2.00. The Morgan fingerprint density at radius 3 is 3.08 bits per heavy atom.